The van der Waals surface area contributed by atoms with Crippen LogP contribution in [0.25, 0.3) is 0 Å². The molecule has 0 atom stereocenters. The first-order valence-corrected chi connectivity index (χ1v) is 4.58. The normalized spacial score (nSPS) is 9.86. The Morgan fingerprint density at radius 2 is 2.21 bits per heavy atom. The topological polar surface area (TPSA) is 52.3 Å². The molecule has 0 radical (unpaired) electrons. The summed E-state index contributed by atoms with van der Waals surface area (Å²) >= 11 is 0. The fourth-order valence-electron chi connectivity index (χ4n) is 1.36. The molecule has 0 heterocycles. The van der Waals surface area contributed by atoms with Gasteiger partial charge >= 0.3 is 5.97 Å². The van der Waals surface area contributed by atoms with E-state index < -0.39 is 0 Å². The number of ether oxygens (including phenoxy) is 1. The van der Waals surface area contributed by atoms with Crippen LogP contribution in [0.2, 0.25) is 0 Å². The fourth-order valence-corrected chi connectivity index (χ4v) is 1.36. The molecular weight excluding hydrogens is 178 g/mol. The van der Waals surface area contributed by atoms with E-state index in [4.69, 9.17) is 10.5 Å². The van der Waals surface area contributed by atoms with Crippen LogP contribution in [0.15, 0.2) is 18.2 Å². The molecule has 76 valence electrons. The Morgan fingerprint density at radius 3 is 2.79 bits per heavy atom. The van der Waals surface area contributed by atoms with Gasteiger partial charge in [0.2, 0.25) is 0 Å². The molecule has 1 aromatic carbocycles. The molecule has 0 bridgehead atoms. The van der Waals surface area contributed by atoms with E-state index in [-0.39, 0.29) is 5.97 Å². The van der Waals surface area contributed by atoms with Crippen molar-refractivity contribution in [3.8, 4) is 0 Å². The zero-order chi connectivity index (χ0) is 10.6. The maximum atomic E-state index is 10.6. The number of nitrogen functional groups attached to an aromatic ring is 1. The minimum absolute atomic E-state index is 0.253. The molecule has 0 unspecified atom stereocenters. The average Bonchev–Trinajstić information content (AvgIpc) is 2.09. The van der Waals surface area contributed by atoms with Crippen LogP contribution in [-0.4, -0.2) is 12.6 Å². The van der Waals surface area contributed by atoms with Crippen LogP contribution >= 0.6 is 0 Å². The summed E-state index contributed by atoms with van der Waals surface area (Å²) in [7, 11) is 0. The Kier molecular flexibility index (Phi) is 3.51. The zero-order valence-corrected chi connectivity index (χ0v) is 8.54. The Morgan fingerprint density at radius 1 is 1.50 bits per heavy atom. The molecule has 0 spiro atoms. The Balaban J connectivity index is 2.62. The lowest BCUT2D eigenvalue weighted by molar-refractivity contribution is -0.140. The van der Waals surface area contributed by atoms with E-state index in [1.807, 2.05) is 25.1 Å². The number of hydrogen-bond donors (Lipinski definition) is 1. The fraction of sp³-hybridized carbons (Fsp3) is 0.364. The highest BCUT2D eigenvalue weighted by Crippen LogP contribution is 2.16. The van der Waals surface area contributed by atoms with Gasteiger partial charge in [-0.2, -0.15) is 0 Å². The van der Waals surface area contributed by atoms with Crippen LogP contribution in [0.4, 0.5) is 5.69 Å². The Hall–Kier alpha value is -1.51. The standard InChI is InChI=1S/C11H15NO2/c1-8-4-3-5-11(12)10(8)6-7-14-9(2)13/h3-5H,6-7,12H2,1-2H3. The van der Waals surface area contributed by atoms with Crippen molar-refractivity contribution in [1.29, 1.82) is 0 Å². The van der Waals surface area contributed by atoms with Gasteiger partial charge in [0, 0.05) is 19.0 Å². The number of aryl methyl sites for hydroxylation is 1. The van der Waals surface area contributed by atoms with Crippen LogP contribution < -0.4 is 5.73 Å². The Bertz CT molecular complexity index is 314. The minimum Gasteiger partial charge on any atom is -0.466 e. The van der Waals surface area contributed by atoms with E-state index in [2.05, 4.69) is 0 Å². The first-order chi connectivity index (χ1) is 6.61. The van der Waals surface area contributed by atoms with Crippen molar-refractivity contribution in [2.75, 3.05) is 12.3 Å². The molecule has 0 saturated carbocycles. The van der Waals surface area contributed by atoms with Gasteiger partial charge in [-0.3, -0.25) is 4.79 Å². The number of anilines is 1. The molecule has 0 aliphatic rings. The number of benzene rings is 1. The van der Waals surface area contributed by atoms with Gasteiger partial charge in [-0.25, -0.2) is 0 Å². The third-order valence-electron chi connectivity index (χ3n) is 2.10. The quantitative estimate of drug-likeness (QED) is 0.587. The van der Waals surface area contributed by atoms with E-state index in [9.17, 15) is 4.79 Å². The predicted molar refractivity (Wildman–Crippen MR) is 55.9 cm³/mol. The lowest BCUT2D eigenvalue weighted by Gasteiger charge is -2.08. The number of esters is 1. The smallest absolute Gasteiger partial charge is 0.302 e. The second-order valence-electron chi connectivity index (χ2n) is 3.23. The van der Waals surface area contributed by atoms with Crippen LogP contribution in [0.1, 0.15) is 18.1 Å². The molecule has 0 aromatic heterocycles. The van der Waals surface area contributed by atoms with Crippen molar-refractivity contribution >= 4 is 11.7 Å². The second-order valence-corrected chi connectivity index (χ2v) is 3.23. The first kappa shape index (κ1) is 10.6. The number of nitrogens with two attached hydrogens (primary N) is 1. The second kappa shape index (κ2) is 4.65. The summed E-state index contributed by atoms with van der Waals surface area (Å²) in [5.74, 6) is -0.253. The number of carbonyl (C=O) groups excluding carboxylic acids is 1. The van der Waals surface area contributed by atoms with Crippen LogP contribution in [0, 0.1) is 6.92 Å². The van der Waals surface area contributed by atoms with Crippen molar-refractivity contribution in [2.45, 2.75) is 20.3 Å². The third-order valence-corrected chi connectivity index (χ3v) is 2.10. The van der Waals surface area contributed by atoms with Gasteiger partial charge in [-0.05, 0) is 24.1 Å². The van der Waals surface area contributed by atoms with E-state index in [1.54, 1.807) is 0 Å². The van der Waals surface area contributed by atoms with Crippen LogP contribution in [0.5, 0.6) is 0 Å². The van der Waals surface area contributed by atoms with E-state index >= 15 is 0 Å². The molecule has 0 saturated heterocycles. The van der Waals surface area contributed by atoms with Crippen LogP contribution in [0.3, 0.4) is 0 Å². The van der Waals surface area contributed by atoms with Crippen molar-refractivity contribution in [2.24, 2.45) is 0 Å². The lowest BCUT2D eigenvalue weighted by Crippen LogP contribution is -2.06. The van der Waals surface area contributed by atoms with Gasteiger partial charge in [-0.15, -0.1) is 0 Å². The third kappa shape index (κ3) is 2.76. The molecule has 2 N–H and O–H groups in total. The van der Waals surface area contributed by atoms with Gasteiger partial charge < -0.3 is 10.5 Å². The Labute approximate surface area is 83.9 Å². The molecule has 0 aliphatic carbocycles. The summed E-state index contributed by atoms with van der Waals surface area (Å²) in [5.41, 5.74) is 8.76. The highest BCUT2D eigenvalue weighted by atomic mass is 16.5. The lowest BCUT2D eigenvalue weighted by atomic mass is 10.0. The molecule has 1 rings (SSSR count). The molecule has 14 heavy (non-hydrogen) atoms. The highest BCUT2D eigenvalue weighted by molar-refractivity contribution is 5.65. The molecule has 0 fully saturated rings. The maximum absolute atomic E-state index is 10.6. The molecular formula is C11H15NO2. The minimum atomic E-state index is -0.253. The van der Waals surface area contributed by atoms with Crippen molar-refractivity contribution in [3.63, 3.8) is 0 Å². The summed E-state index contributed by atoms with van der Waals surface area (Å²) in [6, 6.07) is 5.77. The van der Waals surface area contributed by atoms with Crippen molar-refractivity contribution in [1.82, 2.24) is 0 Å². The van der Waals surface area contributed by atoms with Gasteiger partial charge in [-0.1, -0.05) is 12.1 Å². The van der Waals surface area contributed by atoms with Crippen LogP contribution in [-0.2, 0) is 16.0 Å². The van der Waals surface area contributed by atoms with Crippen molar-refractivity contribution < 1.29 is 9.53 Å². The van der Waals surface area contributed by atoms with Gasteiger partial charge in [0.15, 0.2) is 0 Å². The molecule has 0 aliphatic heterocycles. The first-order valence-electron chi connectivity index (χ1n) is 4.58. The van der Waals surface area contributed by atoms with E-state index in [0.29, 0.717) is 13.0 Å². The van der Waals surface area contributed by atoms with Crippen molar-refractivity contribution in [3.05, 3.63) is 29.3 Å². The molecule has 3 heteroatoms. The van der Waals surface area contributed by atoms with Gasteiger partial charge in [0.25, 0.3) is 0 Å². The summed E-state index contributed by atoms with van der Waals surface area (Å²) < 4.78 is 4.86. The number of carbonyl (C=O) groups is 1. The SMILES string of the molecule is CC(=O)OCCc1c(C)cccc1N. The molecule has 0 amide bonds. The molecule has 3 nitrogen and oxygen atoms in total. The predicted octanol–water partition coefficient (Wildman–Crippen LogP) is 1.68. The largest absolute Gasteiger partial charge is 0.466 e. The summed E-state index contributed by atoms with van der Waals surface area (Å²) in [5, 5.41) is 0. The van der Waals surface area contributed by atoms with Gasteiger partial charge in [0.05, 0.1) is 6.61 Å². The number of rotatable bonds is 3. The molecule has 1 aromatic rings. The monoisotopic (exact) mass is 193 g/mol. The summed E-state index contributed by atoms with van der Waals surface area (Å²) in [4.78, 5) is 10.6. The highest BCUT2D eigenvalue weighted by Gasteiger charge is 2.03. The summed E-state index contributed by atoms with van der Waals surface area (Å²) in [6.45, 7) is 3.80. The van der Waals surface area contributed by atoms with Gasteiger partial charge in [0.1, 0.15) is 0 Å². The summed E-state index contributed by atoms with van der Waals surface area (Å²) in [6.07, 6.45) is 0.679. The maximum Gasteiger partial charge on any atom is 0.302 e. The number of hydrogen-bond acceptors (Lipinski definition) is 3. The zero-order valence-electron chi connectivity index (χ0n) is 8.54. The average molecular weight is 193 g/mol. The van der Waals surface area contributed by atoms with E-state index in [0.717, 1.165) is 16.8 Å². The van der Waals surface area contributed by atoms with E-state index in [1.165, 1.54) is 6.92 Å².